The maximum absolute atomic E-state index is 12.6. The zero-order valence-corrected chi connectivity index (χ0v) is 16.6. The Morgan fingerprint density at radius 3 is 2.41 bits per heavy atom. The van der Waals surface area contributed by atoms with E-state index in [1.54, 1.807) is 6.92 Å². The van der Waals surface area contributed by atoms with Gasteiger partial charge >= 0.3 is 5.97 Å². The number of hydrogen-bond acceptors (Lipinski definition) is 10. The van der Waals surface area contributed by atoms with Crippen molar-refractivity contribution in [2.24, 2.45) is 5.41 Å². The Labute approximate surface area is 168 Å². The Kier molecular flexibility index (Phi) is 5.87. The molecule has 6 N–H and O–H groups in total. The molecular formula is C19H30O10. The quantitative estimate of drug-likeness (QED) is 0.216. The molecule has 0 amide bonds. The van der Waals surface area contributed by atoms with Crippen molar-refractivity contribution < 1.29 is 49.6 Å². The van der Waals surface area contributed by atoms with E-state index >= 15 is 0 Å². The van der Waals surface area contributed by atoms with E-state index in [1.807, 2.05) is 0 Å². The van der Waals surface area contributed by atoms with Gasteiger partial charge in [-0.3, -0.25) is 4.79 Å². The molecule has 0 aromatic heterocycles. The minimum atomic E-state index is -1.69. The first-order chi connectivity index (χ1) is 13.4. The highest BCUT2D eigenvalue weighted by Gasteiger charge is 2.73. The third-order valence-electron chi connectivity index (χ3n) is 6.46. The smallest absolute Gasteiger partial charge is 0.315 e. The van der Waals surface area contributed by atoms with Crippen molar-refractivity contribution in [3.05, 3.63) is 12.2 Å². The van der Waals surface area contributed by atoms with Crippen molar-refractivity contribution in [1.82, 2.24) is 0 Å². The average molecular weight is 418 g/mol. The molecule has 2 saturated heterocycles. The van der Waals surface area contributed by atoms with Crippen molar-refractivity contribution in [2.45, 2.75) is 87.7 Å². The van der Waals surface area contributed by atoms with E-state index in [9.17, 15) is 35.4 Å². The first-order valence-electron chi connectivity index (χ1n) is 9.68. The molecule has 3 aliphatic rings. The molecule has 3 fully saturated rings. The van der Waals surface area contributed by atoms with Crippen LogP contribution in [-0.2, 0) is 19.0 Å². The second kappa shape index (κ2) is 7.54. The predicted octanol–water partition coefficient (Wildman–Crippen LogP) is -2.04. The van der Waals surface area contributed by atoms with Crippen LogP contribution in [0.25, 0.3) is 0 Å². The summed E-state index contributed by atoms with van der Waals surface area (Å²) in [5.41, 5.74) is -4.44. The standard InChI is InChI=1S/C19H30O10/c1-9(21)4-5-19(26)17(2)6-10(7-18(19,3)29-16(17)25)27-15-14(24)13(23)12(22)11(8-20)28-15/h4-5,9-15,20-24,26H,6-8H2,1-3H3. The van der Waals surface area contributed by atoms with Gasteiger partial charge in [0, 0.05) is 6.42 Å². The number of aliphatic hydroxyl groups is 6. The van der Waals surface area contributed by atoms with Crippen molar-refractivity contribution in [3.63, 3.8) is 0 Å². The molecule has 0 radical (unpaired) electrons. The van der Waals surface area contributed by atoms with E-state index in [4.69, 9.17) is 14.2 Å². The molecule has 0 aromatic rings. The van der Waals surface area contributed by atoms with E-state index in [0.29, 0.717) is 0 Å². The van der Waals surface area contributed by atoms with E-state index in [1.165, 1.54) is 26.0 Å². The Hall–Kier alpha value is -1.11. The summed E-state index contributed by atoms with van der Waals surface area (Å²) in [6.07, 6.45) is -5.80. The highest BCUT2D eigenvalue weighted by molar-refractivity contribution is 5.83. The molecule has 166 valence electrons. The van der Waals surface area contributed by atoms with E-state index in [-0.39, 0.29) is 12.8 Å². The molecule has 1 aliphatic carbocycles. The normalized spacial score (nSPS) is 51.3. The van der Waals surface area contributed by atoms with Gasteiger partial charge in [-0.1, -0.05) is 6.08 Å². The third kappa shape index (κ3) is 3.41. The summed E-state index contributed by atoms with van der Waals surface area (Å²) in [4.78, 5) is 12.6. The first-order valence-corrected chi connectivity index (χ1v) is 9.68. The van der Waals surface area contributed by atoms with Gasteiger partial charge in [0.15, 0.2) is 6.29 Å². The Balaban J connectivity index is 1.83. The number of hydrogen-bond donors (Lipinski definition) is 6. The molecule has 2 aliphatic heterocycles. The van der Waals surface area contributed by atoms with Crippen LogP contribution in [0, 0.1) is 5.41 Å². The fourth-order valence-corrected chi connectivity index (χ4v) is 4.64. The van der Waals surface area contributed by atoms with Crippen molar-refractivity contribution in [1.29, 1.82) is 0 Å². The monoisotopic (exact) mass is 418 g/mol. The highest BCUT2D eigenvalue weighted by atomic mass is 16.7. The summed E-state index contributed by atoms with van der Waals surface area (Å²) in [6.45, 7) is 4.03. The fraction of sp³-hybridized carbons (Fsp3) is 0.842. The number of carbonyl (C=O) groups excluding carboxylic acids is 1. The molecule has 0 aromatic carbocycles. The van der Waals surface area contributed by atoms with Gasteiger partial charge in [-0.05, 0) is 33.3 Å². The van der Waals surface area contributed by atoms with Crippen LogP contribution in [-0.4, -0.2) is 97.3 Å². The van der Waals surface area contributed by atoms with Gasteiger partial charge in [0.1, 0.15) is 41.0 Å². The van der Waals surface area contributed by atoms with Crippen molar-refractivity contribution >= 4 is 5.97 Å². The lowest BCUT2D eigenvalue weighted by atomic mass is 9.59. The number of aliphatic hydroxyl groups excluding tert-OH is 5. The van der Waals surface area contributed by atoms with Crippen LogP contribution < -0.4 is 0 Å². The SMILES string of the molecule is CC(O)C=CC1(O)C2(C)CC(OC3OC(CO)C(O)C(O)C3O)CC1(C)C(=O)O2. The van der Waals surface area contributed by atoms with E-state index < -0.39 is 72.1 Å². The average Bonchev–Trinajstić information content (AvgIpc) is 2.71. The molecule has 3 rings (SSSR count). The predicted molar refractivity (Wildman–Crippen MR) is 96.2 cm³/mol. The van der Waals surface area contributed by atoms with Gasteiger partial charge in [0.25, 0.3) is 0 Å². The molecule has 10 atom stereocenters. The number of esters is 1. The van der Waals surface area contributed by atoms with Crippen LogP contribution in [0.4, 0.5) is 0 Å². The zero-order chi connectivity index (χ0) is 21.8. The Bertz CT molecular complexity index is 665. The molecule has 29 heavy (non-hydrogen) atoms. The number of fused-ring (bicyclic) bond motifs is 2. The van der Waals surface area contributed by atoms with E-state index in [0.717, 1.165) is 0 Å². The van der Waals surface area contributed by atoms with Crippen LogP contribution in [0.15, 0.2) is 12.2 Å². The van der Waals surface area contributed by atoms with Crippen LogP contribution >= 0.6 is 0 Å². The molecule has 1 saturated carbocycles. The second-order valence-electron chi connectivity index (χ2n) is 8.68. The molecule has 2 bridgehead atoms. The van der Waals surface area contributed by atoms with Gasteiger partial charge in [0.05, 0.1) is 18.8 Å². The summed E-state index contributed by atoms with van der Waals surface area (Å²) in [5.74, 6) is -0.613. The molecular weight excluding hydrogens is 388 g/mol. The largest absolute Gasteiger partial charge is 0.455 e. The minimum absolute atomic E-state index is 0.0249. The number of rotatable bonds is 5. The Morgan fingerprint density at radius 2 is 1.86 bits per heavy atom. The second-order valence-corrected chi connectivity index (χ2v) is 8.68. The van der Waals surface area contributed by atoms with Crippen LogP contribution in [0.1, 0.15) is 33.6 Å². The lowest BCUT2D eigenvalue weighted by molar-refractivity contribution is -0.319. The van der Waals surface area contributed by atoms with Crippen molar-refractivity contribution in [2.75, 3.05) is 6.61 Å². The van der Waals surface area contributed by atoms with Crippen LogP contribution in [0.2, 0.25) is 0 Å². The number of ether oxygens (including phenoxy) is 3. The molecule has 10 unspecified atom stereocenters. The van der Waals surface area contributed by atoms with Crippen LogP contribution in [0.5, 0.6) is 0 Å². The van der Waals surface area contributed by atoms with E-state index in [2.05, 4.69) is 0 Å². The lowest BCUT2D eigenvalue weighted by Crippen LogP contribution is -2.64. The van der Waals surface area contributed by atoms with Crippen molar-refractivity contribution in [3.8, 4) is 0 Å². The van der Waals surface area contributed by atoms with Gasteiger partial charge in [-0.25, -0.2) is 0 Å². The topological polar surface area (TPSA) is 166 Å². The van der Waals surface area contributed by atoms with Crippen LogP contribution in [0.3, 0.4) is 0 Å². The van der Waals surface area contributed by atoms with Gasteiger partial charge in [-0.2, -0.15) is 0 Å². The summed E-state index contributed by atoms with van der Waals surface area (Å²) in [5, 5.41) is 60.3. The zero-order valence-electron chi connectivity index (χ0n) is 16.6. The summed E-state index contributed by atoms with van der Waals surface area (Å²) in [6, 6.07) is 0. The maximum atomic E-state index is 12.6. The fourth-order valence-electron chi connectivity index (χ4n) is 4.64. The molecule has 10 heteroatoms. The van der Waals surface area contributed by atoms with Gasteiger partial charge in [-0.15, -0.1) is 0 Å². The van der Waals surface area contributed by atoms with Gasteiger partial charge < -0.3 is 44.8 Å². The summed E-state index contributed by atoms with van der Waals surface area (Å²) in [7, 11) is 0. The maximum Gasteiger partial charge on any atom is 0.315 e. The third-order valence-corrected chi connectivity index (χ3v) is 6.46. The van der Waals surface area contributed by atoms with Gasteiger partial charge in [0.2, 0.25) is 0 Å². The summed E-state index contributed by atoms with van der Waals surface area (Å²) < 4.78 is 16.7. The molecule has 0 spiro atoms. The molecule has 2 heterocycles. The lowest BCUT2D eigenvalue weighted by Gasteiger charge is -2.49. The number of carbonyl (C=O) groups is 1. The first kappa shape index (κ1) is 22.6. The Morgan fingerprint density at radius 1 is 1.21 bits per heavy atom. The molecule has 10 nitrogen and oxygen atoms in total. The highest BCUT2D eigenvalue weighted by Crippen LogP contribution is 2.59. The minimum Gasteiger partial charge on any atom is -0.455 e. The summed E-state index contributed by atoms with van der Waals surface area (Å²) >= 11 is 0.